The summed E-state index contributed by atoms with van der Waals surface area (Å²) in [6, 6.07) is 1.04. The number of ether oxygens (including phenoxy) is 1. The first kappa shape index (κ1) is 12.9. The number of H-pyrrole nitrogens is 1. The van der Waals surface area contributed by atoms with Gasteiger partial charge in [0.1, 0.15) is 12.2 Å². The van der Waals surface area contributed by atoms with E-state index in [4.69, 9.17) is 9.84 Å². The number of halogens is 1. The number of rotatable bonds is 3. The Bertz CT molecular complexity index is 528. The fourth-order valence-corrected chi connectivity index (χ4v) is 1.82. The predicted octanol–water partition coefficient (Wildman–Crippen LogP) is -1.94. The van der Waals surface area contributed by atoms with Crippen LogP contribution in [0.25, 0.3) is 0 Å². The second-order valence-electron chi connectivity index (χ2n) is 3.81. The topological polar surface area (TPSA) is 114 Å². The number of hydrogen-bond acceptors (Lipinski definition) is 6. The molecule has 0 saturated carbocycles. The van der Waals surface area contributed by atoms with Crippen molar-refractivity contribution in [3.05, 3.63) is 33.1 Å². The van der Waals surface area contributed by atoms with Crippen LogP contribution in [-0.2, 0) is 9.68 Å². The molecule has 3 N–H and O–H groups in total. The van der Waals surface area contributed by atoms with Crippen molar-refractivity contribution < 1.29 is 24.4 Å². The first-order valence-corrected chi connectivity index (χ1v) is 5.11. The molecule has 9 heteroatoms. The molecule has 0 aromatic carbocycles. The van der Waals surface area contributed by atoms with E-state index in [1.54, 1.807) is 0 Å². The van der Waals surface area contributed by atoms with Gasteiger partial charge in [0.2, 0.25) is 0 Å². The van der Waals surface area contributed by atoms with Crippen LogP contribution in [0.5, 0.6) is 0 Å². The minimum Gasteiger partial charge on any atom is -0.394 e. The maximum atomic E-state index is 12.4. The maximum absolute atomic E-state index is 12.4. The molecule has 1 saturated heterocycles. The van der Waals surface area contributed by atoms with Gasteiger partial charge in [-0.1, -0.05) is 0 Å². The van der Waals surface area contributed by atoms with E-state index >= 15 is 0 Å². The highest BCUT2D eigenvalue weighted by Gasteiger charge is 2.46. The molecule has 100 valence electrons. The zero-order valence-electron chi connectivity index (χ0n) is 9.02. The van der Waals surface area contributed by atoms with E-state index in [9.17, 15) is 19.2 Å². The van der Waals surface area contributed by atoms with Crippen molar-refractivity contribution in [3.63, 3.8) is 0 Å². The summed E-state index contributed by atoms with van der Waals surface area (Å²) in [5.41, 5.74) is -1.45. The van der Waals surface area contributed by atoms with Crippen molar-refractivity contribution >= 4 is 0 Å². The zero-order valence-corrected chi connectivity index (χ0v) is 9.02. The van der Waals surface area contributed by atoms with E-state index < -0.39 is 42.4 Å². The Morgan fingerprint density at radius 3 is 2.83 bits per heavy atom. The molecule has 8 nitrogen and oxygen atoms in total. The van der Waals surface area contributed by atoms with Gasteiger partial charge in [0, 0.05) is 12.3 Å². The summed E-state index contributed by atoms with van der Waals surface area (Å²) in [5.74, 6) is 0. The molecule has 0 amide bonds. The van der Waals surface area contributed by atoms with Crippen LogP contribution in [0, 0.1) is 0 Å². The van der Waals surface area contributed by atoms with Crippen LogP contribution >= 0.6 is 0 Å². The molecule has 1 aromatic rings. The standard InChI is InChI=1S/C9H11FN2O6/c10-18-7-6(15)4(3-13)17-8(7)12-2-1-5(14)11-9(12)16/h1-2,4,6-8,13,15H,3H2,(H,11,14,16)/t4-,6-,7-,8-/m1/s1. The number of nitrogens with zero attached hydrogens (tertiary/aromatic N) is 1. The quantitative estimate of drug-likeness (QED) is 0.584. The largest absolute Gasteiger partial charge is 0.394 e. The van der Waals surface area contributed by atoms with Gasteiger partial charge in [0.15, 0.2) is 12.3 Å². The van der Waals surface area contributed by atoms with Gasteiger partial charge in [-0.15, -0.1) is 0 Å². The van der Waals surface area contributed by atoms with E-state index in [2.05, 4.69) is 4.94 Å². The van der Waals surface area contributed by atoms with Crippen molar-refractivity contribution in [1.29, 1.82) is 0 Å². The lowest BCUT2D eigenvalue weighted by Crippen LogP contribution is -2.38. The van der Waals surface area contributed by atoms with Gasteiger partial charge in [-0.3, -0.25) is 14.3 Å². The normalized spacial score (nSPS) is 31.7. The van der Waals surface area contributed by atoms with Crippen molar-refractivity contribution in [2.45, 2.75) is 24.5 Å². The lowest BCUT2D eigenvalue weighted by molar-refractivity contribution is -0.221. The van der Waals surface area contributed by atoms with Crippen molar-refractivity contribution in [2.24, 2.45) is 0 Å². The SMILES string of the molecule is O=c1ccn([C@@H]2O[C@H](CO)[C@@H](O)[C@H]2OF)c(=O)[nH]1. The molecular weight excluding hydrogens is 251 g/mol. The number of hydrogen-bond donors (Lipinski definition) is 3. The number of aliphatic hydroxyl groups is 2. The Labute approximate surface area is 99.1 Å². The molecule has 1 fully saturated rings. The van der Waals surface area contributed by atoms with Crippen LogP contribution in [0.2, 0.25) is 0 Å². The molecule has 18 heavy (non-hydrogen) atoms. The zero-order chi connectivity index (χ0) is 13.3. The summed E-state index contributed by atoms with van der Waals surface area (Å²) < 4.78 is 18.4. The van der Waals surface area contributed by atoms with Crippen LogP contribution in [0.1, 0.15) is 6.23 Å². The first-order chi connectivity index (χ1) is 8.58. The van der Waals surface area contributed by atoms with E-state index in [0.717, 1.165) is 16.8 Å². The van der Waals surface area contributed by atoms with Crippen molar-refractivity contribution in [1.82, 2.24) is 9.55 Å². The van der Waals surface area contributed by atoms with Gasteiger partial charge in [0.25, 0.3) is 5.56 Å². The molecule has 0 unspecified atom stereocenters. The summed E-state index contributed by atoms with van der Waals surface area (Å²) in [6.07, 6.45) is -4.15. The molecule has 4 atom stereocenters. The predicted molar refractivity (Wildman–Crippen MR) is 54.3 cm³/mol. The third kappa shape index (κ3) is 2.08. The first-order valence-electron chi connectivity index (χ1n) is 5.11. The second kappa shape index (κ2) is 4.98. The van der Waals surface area contributed by atoms with Crippen molar-refractivity contribution in [3.8, 4) is 0 Å². The highest BCUT2D eigenvalue weighted by molar-refractivity contribution is 4.93. The van der Waals surface area contributed by atoms with Gasteiger partial charge < -0.3 is 14.9 Å². The Kier molecular flexibility index (Phi) is 3.57. The Morgan fingerprint density at radius 2 is 2.28 bits per heavy atom. The molecule has 2 heterocycles. The summed E-state index contributed by atoms with van der Waals surface area (Å²) >= 11 is 0. The molecule has 0 bridgehead atoms. The molecule has 0 aliphatic carbocycles. The summed E-state index contributed by atoms with van der Waals surface area (Å²) in [5, 5.41) is 18.5. The van der Waals surface area contributed by atoms with Crippen LogP contribution in [0.15, 0.2) is 21.9 Å². The maximum Gasteiger partial charge on any atom is 0.330 e. The van der Waals surface area contributed by atoms with Crippen LogP contribution in [0.3, 0.4) is 0 Å². The van der Waals surface area contributed by atoms with E-state index in [1.165, 1.54) is 0 Å². The highest BCUT2D eigenvalue weighted by atomic mass is 19.3. The van der Waals surface area contributed by atoms with Gasteiger partial charge in [-0.05, 0) is 4.53 Å². The minimum atomic E-state index is -1.47. The smallest absolute Gasteiger partial charge is 0.330 e. The van der Waals surface area contributed by atoms with E-state index in [-0.39, 0.29) is 0 Å². The lowest BCUT2D eigenvalue weighted by Gasteiger charge is -2.17. The van der Waals surface area contributed by atoms with Gasteiger partial charge >= 0.3 is 5.69 Å². The summed E-state index contributed by atoms with van der Waals surface area (Å²) in [4.78, 5) is 27.9. The molecule has 1 aliphatic heterocycles. The summed E-state index contributed by atoms with van der Waals surface area (Å²) in [7, 11) is 0. The third-order valence-corrected chi connectivity index (χ3v) is 2.72. The second-order valence-corrected chi connectivity index (χ2v) is 3.81. The lowest BCUT2D eigenvalue weighted by atomic mass is 10.1. The fraction of sp³-hybridized carbons (Fsp3) is 0.556. The van der Waals surface area contributed by atoms with Crippen LogP contribution in [-0.4, -0.2) is 44.7 Å². The summed E-state index contributed by atoms with van der Waals surface area (Å²) in [6.45, 7) is -0.560. The van der Waals surface area contributed by atoms with E-state index in [0.29, 0.717) is 0 Å². The van der Waals surface area contributed by atoms with Gasteiger partial charge in [0.05, 0.1) is 6.61 Å². The molecule has 0 spiro atoms. The average molecular weight is 262 g/mol. The van der Waals surface area contributed by atoms with E-state index in [1.807, 2.05) is 4.98 Å². The Morgan fingerprint density at radius 1 is 1.56 bits per heavy atom. The van der Waals surface area contributed by atoms with Crippen LogP contribution in [0.4, 0.5) is 4.53 Å². The number of aliphatic hydroxyl groups excluding tert-OH is 2. The molecule has 1 aromatic heterocycles. The Balaban J connectivity index is 2.38. The third-order valence-electron chi connectivity index (χ3n) is 2.72. The average Bonchev–Trinajstić information content (AvgIpc) is 2.65. The molecule has 1 aliphatic rings. The van der Waals surface area contributed by atoms with Gasteiger partial charge in [-0.25, -0.2) is 4.79 Å². The number of aromatic nitrogens is 2. The van der Waals surface area contributed by atoms with Crippen molar-refractivity contribution in [2.75, 3.05) is 6.61 Å². The monoisotopic (exact) mass is 262 g/mol. The fourth-order valence-electron chi connectivity index (χ4n) is 1.82. The number of nitrogens with one attached hydrogen (secondary N) is 1. The highest BCUT2D eigenvalue weighted by Crippen LogP contribution is 2.30. The molecular formula is C9H11FN2O6. The molecule has 0 radical (unpaired) electrons. The van der Waals surface area contributed by atoms with Gasteiger partial charge in [-0.2, -0.15) is 4.94 Å². The van der Waals surface area contributed by atoms with Crippen LogP contribution < -0.4 is 11.2 Å². The number of aromatic amines is 1. The Hall–Kier alpha value is -1.55. The molecule has 2 rings (SSSR count). The minimum absolute atomic E-state index is 0.560.